The molecule has 0 aliphatic carbocycles. The summed E-state index contributed by atoms with van der Waals surface area (Å²) < 4.78 is 6.47. The lowest BCUT2D eigenvalue weighted by molar-refractivity contribution is -0.384. The summed E-state index contributed by atoms with van der Waals surface area (Å²) in [7, 11) is 0. The third-order valence-corrected chi connectivity index (χ3v) is 3.98. The number of hydrogen-bond acceptors (Lipinski definition) is 6. The van der Waals surface area contributed by atoms with Crippen LogP contribution in [0.15, 0.2) is 36.9 Å². The van der Waals surface area contributed by atoms with E-state index >= 15 is 0 Å². The number of rotatable bonds is 5. The molecule has 1 fully saturated rings. The number of aromatic nitrogens is 2. The van der Waals surface area contributed by atoms with Crippen molar-refractivity contribution in [2.24, 2.45) is 0 Å². The van der Waals surface area contributed by atoms with E-state index in [2.05, 4.69) is 4.98 Å². The van der Waals surface area contributed by atoms with Gasteiger partial charge in [-0.2, -0.15) is 0 Å². The summed E-state index contributed by atoms with van der Waals surface area (Å²) in [6.45, 7) is 0.971. The summed E-state index contributed by atoms with van der Waals surface area (Å²) >= 11 is 0. The van der Waals surface area contributed by atoms with Gasteiger partial charge >= 0.3 is 5.97 Å². The molecular formula is C16H16N4O5. The van der Waals surface area contributed by atoms with Crippen molar-refractivity contribution in [2.45, 2.75) is 12.8 Å². The Bertz CT molecular complexity index is 797. The van der Waals surface area contributed by atoms with Gasteiger partial charge in [0.25, 0.3) is 11.6 Å². The van der Waals surface area contributed by atoms with Crippen molar-refractivity contribution in [3.63, 3.8) is 0 Å². The number of likely N-dealkylation sites (tertiary alicyclic amines) is 1. The van der Waals surface area contributed by atoms with Gasteiger partial charge in [-0.3, -0.25) is 14.9 Å². The quantitative estimate of drug-likeness (QED) is 0.463. The van der Waals surface area contributed by atoms with Crippen molar-refractivity contribution in [3.05, 3.63) is 52.6 Å². The first-order valence-corrected chi connectivity index (χ1v) is 7.78. The molecule has 0 atom stereocenters. The Hall–Kier alpha value is -3.23. The summed E-state index contributed by atoms with van der Waals surface area (Å²) in [5, 5.41) is 11.3. The molecule has 0 bridgehead atoms. The predicted octanol–water partition coefficient (Wildman–Crippen LogP) is 1.56. The van der Waals surface area contributed by atoms with E-state index in [9.17, 15) is 19.7 Å². The van der Waals surface area contributed by atoms with Gasteiger partial charge in [0.2, 0.25) is 0 Å². The zero-order chi connectivity index (χ0) is 17.8. The van der Waals surface area contributed by atoms with Crippen LogP contribution in [0.4, 0.5) is 5.69 Å². The van der Waals surface area contributed by atoms with Crippen LogP contribution in [0.25, 0.3) is 5.69 Å². The van der Waals surface area contributed by atoms with Crippen LogP contribution in [-0.2, 0) is 9.53 Å². The number of hydrogen-bond donors (Lipinski definition) is 0. The molecule has 1 aromatic heterocycles. The Balaban J connectivity index is 1.73. The Morgan fingerprint density at radius 1 is 1.28 bits per heavy atom. The molecule has 9 nitrogen and oxygen atoms in total. The van der Waals surface area contributed by atoms with E-state index in [0.717, 1.165) is 18.9 Å². The molecule has 130 valence electrons. The van der Waals surface area contributed by atoms with Crippen LogP contribution < -0.4 is 0 Å². The minimum atomic E-state index is -0.771. The van der Waals surface area contributed by atoms with Crippen LogP contribution in [0.3, 0.4) is 0 Å². The maximum Gasteiger partial charge on any atom is 0.338 e. The zero-order valence-corrected chi connectivity index (χ0v) is 13.3. The highest BCUT2D eigenvalue weighted by molar-refractivity contribution is 5.92. The molecule has 1 amide bonds. The highest BCUT2D eigenvalue weighted by Gasteiger charge is 2.22. The number of nitro benzene ring substituents is 1. The highest BCUT2D eigenvalue weighted by Crippen LogP contribution is 2.24. The van der Waals surface area contributed by atoms with E-state index in [1.807, 2.05) is 0 Å². The third-order valence-electron chi connectivity index (χ3n) is 3.98. The number of imidazole rings is 1. The fourth-order valence-electron chi connectivity index (χ4n) is 2.69. The van der Waals surface area contributed by atoms with Crippen LogP contribution in [0.1, 0.15) is 23.2 Å². The number of nitro groups is 1. The maximum atomic E-state index is 12.1. The predicted molar refractivity (Wildman–Crippen MR) is 86.3 cm³/mol. The average molecular weight is 344 g/mol. The van der Waals surface area contributed by atoms with Crippen molar-refractivity contribution in [3.8, 4) is 5.69 Å². The van der Waals surface area contributed by atoms with E-state index in [4.69, 9.17) is 4.74 Å². The Kier molecular flexibility index (Phi) is 4.73. The number of amides is 1. The van der Waals surface area contributed by atoms with Crippen molar-refractivity contribution in [1.29, 1.82) is 0 Å². The lowest BCUT2D eigenvalue weighted by Crippen LogP contribution is -2.32. The lowest BCUT2D eigenvalue weighted by atomic mass is 10.1. The maximum absolute atomic E-state index is 12.1. The van der Waals surface area contributed by atoms with Crippen LogP contribution in [0.2, 0.25) is 0 Å². The molecule has 9 heteroatoms. The number of carbonyl (C=O) groups excluding carboxylic acids is 2. The van der Waals surface area contributed by atoms with E-state index < -0.39 is 10.9 Å². The van der Waals surface area contributed by atoms with Crippen molar-refractivity contribution in [2.75, 3.05) is 19.7 Å². The largest absolute Gasteiger partial charge is 0.452 e. The fourth-order valence-corrected chi connectivity index (χ4v) is 2.69. The van der Waals surface area contributed by atoms with Gasteiger partial charge in [0.15, 0.2) is 6.61 Å². The Morgan fingerprint density at radius 2 is 2.04 bits per heavy atom. The highest BCUT2D eigenvalue weighted by atomic mass is 16.6. The van der Waals surface area contributed by atoms with Gasteiger partial charge in [-0.1, -0.05) is 0 Å². The van der Waals surface area contributed by atoms with Gasteiger partial charge in [-0.05, 0) is 25.0 Å². The number of nitrogens with zero attached hydrogens (tertiary/aromatic N) is 4. The Morgan fingerprint density at radius 3 is 2.68 bits per heavy atom. The van der Waals surface area contributed by atoms with Crippen molar-refractivity contribution in [1.82, 2.24) is 14.5 Å². The summed E-state index contributed by atoms with van der Waals surface area (Å²) in [5.74, 6) is -1.02. The summed E-state index contributed by atoms with van der Waals surface area (Å²) in [4.78, 5) is 40.2. The first-order chi connectivity index (χ1) is 12.1. The normalized spacial score (nSPS) is 13.7. The summed E-state index contributed by atoms with van der Waals surface area (Å²) in [6.07, 6.45) is 6.38. The number of esters is 1. The molecular weight excluding hydrogens is 328 g/mol. The van der Waals surface area contributed by atoms with E-state index in [-0.39, 0.29) is 29.5 Å². The van der Waals surface area contributed by atoms with Crippen LogP contribution in [0.5, 0.6) is 0 Å². The summed E-state index contributed by atoms with van der Waals surface area (Å²) in [5.41, 5.74) is 0.0512. The molecule has 1 aromatic carbocycles. The SMILES string of the molecule is O=C(OCC(=O)N1CCCC1)c1ccc(-n2ccnc2)c([N+](=O)[O-])c1. The van der Waals surface area contributed by atoms with Gasteiger partial charge in [0.05, 0.1) is 16.8 Å². The van der Waals surface area contributed by atoms with Crippen LogP contribution in [-0.4, -0.2) is 50.9 Å². The average Bonchev–Trinajstić information content (AvgIpc) is 3.32. The molecule has 3 rings (SSSR count). The van der Waals surface area contributed by atoms with E-state index in [1.165, 1.54) is 29.2 Å². The minimum Gasteiger partial charge on any atom is -0.452 e. The van der Waals surface area contributed by atoms with Crippen molar-refractivity contribution < 1.29 is 19.2 Å². The molecule has 0 saturated carbocycles. The van der Waals surface area contributed by atoms with Gasteiger partial charge < -0.3 is 14.2 Å². The molecule has 0 spiro atoms. The lowest BCUT2D eigenvalue weighted by Gasteiger charge is -2.15. The van der Waals surface area contributed by atoms with E-state index in [1.54, 1.807) is 11.1 Å². The minimum absolute atomic E-state index is 0.0183. The number of ether oxygens (including phenoxy) is 1. The molecule has 25 heavy (non-hydrogen) atoms. The fraction of sp³-hybridized carbons (Fsp3) is 0.312. The molecule has 1 aliphatic rings. The Labute approximate surface area is 143 Å². The third kappa shape index (κ3) is 3.65. The van der Waals surface area contributed by atoms with E-state index in [0.29, 0.717) is 13.1 Å². The monoisotopic (exact) mass is 344 g/mol. The number of benzene rings is 1. The van der Waals surface area contributed by atoms with Gasteiger partial charge in [0, 0.05) is 31.5 Å². The molecule has 0 unspecified atom stereocenters. The molecule has 0 radical (unpaired) electrons. The number of carbonyl (C=O) groups is 2. The molecule has 1 aliphatic heterocycles. The van der Waals surface area contributed by atoms with Gasteiger partial charge in [-0.15, -0.1) is 0 Å². The topological polar surface area (TPSA) is 108 Å². The second-order valence-corrected chi connectivity index (χ2v) is 5.59. The first-order valence-electron chi connectivity index (χ1n) is 7.78. The van der Waals surface area contributed by atoms with Gasteiger partial charge in [0.1, 0.15) is 5.69 Å². The molecule has 1 saturated heterocycles. The first kappa shape index (κ1) is 16.6. The molecule has 0 N–H and O–H groups in total. The van der Waals surface area contributed by atoms with Crippen LogP contribution in [0, 0.1) is 10.1 Å². The summed E-state index contributed by atoms with van der Waals surface area (Å²) in [6, 6.07) is 4.00. The second kappa shape index (κ2) is 7.12. The smallest absolute Gasteiger partial charge is 0.338 e. The molecule has 2 heterocycles. The van der Waals surface area contributed by atoms with Crippen LogP contribution >= 0.6 is 0 Å². The van der Waals surface area contributed by atoms with Gasteiger partial charge in [-0.25, -0.2) is 9.78 Å². The second-order valence-electron chi connectivity index (χ2n) is 5.59. The van der Waals surface area contributed by atoms with Crippen molar-refractivity contribution >= 4 is 17.6 Å². The zero-order valence-electron chi connectivity index (χ0n) is 13.3. The standard InChI is InChI=1S/C16H16N4O5/c21-15(18-6-1-2-7-18)10-25-16(22)12-3-4-13(14(9-12)20(23)24)19-8-5-17-11-19/h3-5,8-9,11H,1-2,6-7,10H2. The molecule has 2 aromatic rings.